The van der Waals surface area contributed by atoms with Crippen molar-refractivity contribution in [1.82, 2.24) is 4.98 Å². The Bertz CT molecular complexity index is 456. The highest BCUT2D eigenvalue weighted by molar-refractivity contribution is 5.09. The standard InChI is InChI=1S/C21H39NO2/c1-4-7-8-9-10-11-12-13-14-15-16-17-21(5-2,6-3)19-18-22-20(23)24-19/h18H,4-17H2,1-3H3,(H,22,23). The average molecular weight is 338 g/mol. The molecule has 0 atom stereocenters. The predicted molar refractivity (Wildman–Crippen MR) is 103 cm³/mol. The molecule has 0 aliphatic rings. The summed E-state index contributed by atoms with van der Waals surface area (Å²) < 4.78 is 5.37. The van der Waals surface area contributed by atoms with E-state index in [1.165, 1.54) is 70.6 Å². The molecule has 0 saturated heterocycles. The van der Waals surface area contributed by atoms with E-state index >= 15 is 0 Å². The maximum atomic E-state index is 11.3. The molecule has 0 saturated carbocycles. The lowest BCUT2D eigenvalue weighted by Crippen LogP contribution is -2.24. The first-order valence-corrected chi connectivity index (χ1v) is 10.4. The molecular weight excluding hydrogens is 298 g/mol. The van der Waals surface area contributed by atoms with Gasteiger partial charge >= 0.3 is 5.76 Å². The molecule has 0 bridgehead atoms. The van der Waals surface area contributed by atoms with Gasteiger partial charge in [0, 0.05) is 11.6 Å². The van der Waals surface area contributed by atoms with Crippen LogP contribution < -0.4 is 5.76 Å². The lowest BCUT2D eigenvalue weighted by molar-refractivity contribution is 0.276. The van der Waals surface area contributed by atoms with E-state index in [1.54, 1.807) is 6.20 Å². The van der Waals surface area contributed by atoms with Crippen molar-refractivity contribution < 1.29 is 4.42 Å². The van der Waals surface area contributed by atoms with Gasteiger partial charge in [0.25, 0.3) is 0 Å². The van der Waals surface area contributed by atoms with E-state index in [4.69, 9.17) is 4.42 Å². The number of unbranched alkanes of at least 4 members (excludes halogenated alkanes) is 10. The van der Waals surface area contributed by atoms with E-state index in [9.17, 15) is 4.79 Å². The largest absolute Gasteiger partial charge is 0.416 e. The Kier molecular flexibility index (Phi) is 10.9. The second kappa shape index (κ2) is 12.4. The number of aromatic nitrogens is 1. The first-order chi connectivity index (χ1) is 11.7. The number of nitrogens with one attached hydrogen (secondary N) is 1. The molecule has 1 N–H and O–H groups in total. The first kappa shape index (κ1) is 21.1. The van der Waals surface area contributed by atoms with Crippen LogP contribution in [0.15, 0.2) is 15.4 Å². The fraction of sp³-hybridized carbons (Fsp3) is 0.857. The van der Waals surface area contributed by atoms with Gasteiger partial charge < -0.3 is 4.42 Å². The molecule has 1 rings (SSSR count). The number of rotatable bonds is 15. The third-order valence-electron chi connectivity index (χ3n) is 5.66. The van der Waals surface area contributed by atoms with Crippen molar-refractivity contribution in [2.24, 2.45) is 0 Å². The van der Waals surface area contributed by atoms with E-state index in [-0.39, 0.29) is 11.2 Å². The number of aromatic amines is 1. The van der Waals surface area contributed by atoms with Crippen molar-refractivity contribution in [3.8, 4) is 0 Å². The average Bonchev–Trinajstić information content (AvgIpc) is 3.03. The molecule has 3 heteroatoms. The van der Waals surface area contributed by atoms with Crippen LogP contribution in [0.1, 0.15) is 116 Å². The monoisotopic (exact) mass is 337 g/mol. The van der Waals surface area contributed by atoms with Gasteiger partial charge in [0.2, 0.25) is 0 Å². The molecule has 0 radical (unpaired) electrons. The van der Waals surface area contributed by atoms with E-state index in [0.717, 1.165) is 25.0 Å². The predicted octanol–water partition coefficient (Wildman–Crippen LogP) is 6.73. The zero-order chi connectivity index (χ0) is 17.7. The van der Waals surface area contributed by atoms with Gasteiger partial charge in [0.1, 0.15) is 5.76 Å². The van der Waals surface area contributed by atoms with Crippen molar-refractivity contribution in [1.29, 1.82) is 0 Å². The number of hydrogen-bond donors (Lipinski definition) is 1. The molecule has 0 amide bonds. The summed E-state index contributed by atoms with van der Waals surface area (Å²) in [6.07, 6.45) is 20.0. The highest BCUT2D eigenvalue weighted by Gasteiger charge is 2.31. The molecule has 0 unspecified atom stereocenters. The van der Waals surface area contributed by atoms with Crippen LogP contribution in [0.5, 0.6) is 0 Å². The highest BCUT2D eigenvalue weighted by atomic mass is 16.4. The van der Waals surface area contributed by atoms with Gasteiger partial charge in [0.05, 0.1) is 0 Å². The quantitative estimate of drug-likeness (QED) is 0.361. The number of oxazole rings is 1. The Morgan fingerprint density at radius 2 is 1.33 bits per heavy atom. The van der Waals surface area contributed by atoms with Gasteiger partial charge in [-0.25, -0.2) is 4.79 Å². The van der Waals surface area contributed by atoms with Crippen molar-refractivity contribution in [3.63, 3.8) is 0 Å². The van der Waals surface area contributed by atoms with Gasteiger partial charge in [0.15, 0.2) is 0 Å². The molecule has 0 aliphatic heterocycles. The molecule has 3 nitrogen and oxygen atoms in total. The Morgan fingerprint density at radius 3 is 1.75 bits per heavy atom. The second-order valence-electron chi connectivity index (χ2n) is 7.32. The van der Waals surface area contributed by atoms with Crippen LogP contribution >= 0.6 is 0 Å². The minimum atomic E-state index is -0.324. The lowest BCUT2D eigenvalue weighted by atomic mass is 9.76. The van der Waals surface area contributed by atoms with Gasteiger partial charge in [-0.2, -0.15) is 0 Å². The maximum absolute atomic E-state index is 11.3. The molecule has 24 heavy (non-hydrogen) atoms. The lowest BCUT2D eigenvalue weighted by Gasteiger charge is -2.29. The van der Waals surface area contributed by atoms with E-state index in [0.29, 0.717) is 0 Å². The summed E-state index contributed by atoms with van der Waals surface area (Å²) in [5.41, 5.74) is 0.0401. The summed E-state index contributed by atoms with van der Waals surface area (Å²) in [5, 5.41) is 0. The van der Waals surface area contributed by atoms with Gasteiger partial charge in [-0.1, -0.05) is 91.4 Å². The summed E-state index contributed by atoms with van der Waals surface area (Å²) in [6, 6.07) is 0. The van der Waals surface area contributed by atoms with Crippen LogP contribution in [0.3, 0.4) is 0 Å². The van der Waals surface area contributed by atoms with Crippen LogP contribution in [-0.2, 0) is 5.41 Å². The highest BCUT2D eigenvalue weighted by Crippen LogP contribution is 2.36. The molecule has 0 fully saturated rings. The molecule has 1 aromatic rings. The van der Waals surface area contributed by atoms with E-state index in [2.05, 4.69) is 25.8 Å². The van der Waals surface area contributed by atoms with Crippen molar-refractivity contribution >= 4 is 0 Å². The Balaban J connectivity index is 2.15. The molecule has 1 heterocycles. The minimum absolute atomic E-state index is 0.0401. The van der Waals surface area contributed by atoms with Crippen LogP contribution in [0.2, 0.25) is 0 Å². The van der Waals surface area contributed by atoms with Crippen molar-refractivity contribution in [2.45, 2.75) is 116 Å². The fourth-order valence-electron chi connectivity index (χ4n) is 3.75. The van der Waals surface area contributed by atoms with Gasteiger partial charge in [-0.3, -0.25) is 4.98 Å². The number of hydrogen-bond acceptors (Lipinski definition) is 2. The Hall–Kier alpha value is -0.990. The van der Waals surface area contributed by atoms with Crippen LogP contribution in [0.25, 0.3) is 0 Å². The maximum Gasteiger partial charge on any atom is 0.416 e. The molecule has 0 aliphatic carbocycles. The molecule has 1 aromatic heterocycles. The Labute approximate surface area is 148 Å². The smallest absolute Gasteiger partial charge is 0.412 e. The molecule has 0 spiro atoms. The van der Waals surface area contributed by atoms with Crippen LogP contribution in [-0.4, -0.2) is 4.98 Å². The SMILES string of the molecule is CCCCCCCCCCCCCC(CC)(CC)c1c[nH]c(=O)o1. The summed E-state index contributed by atoms with van der Waals surface area (Å²) in [7, 11) is 0. The number of H-pyrrole nitrogens is 1. The summed E-state index contributed by atoms with van der Waals surface area (Å²) >= 11 is 0. The zero-order valence-electron chi connectivity index (χ0n) is 16.3. The van der Waals surface area contributed by atoms with Gasteiger partial charge in [-0.15, -0.1) is 0 Å². The fourth-order valence-corrected chi connectivity index (χ4v) is 3.75. The van der Waals surface area contributed by atoms with Crippen molar-refractivity contribution in [3.05, 3.63) is 22.5 Å². The third kappa shape index (κ3) is 7.27. The normalized spacial score (nSPS) is 12.0. The van der Waals surface area contributed by atoms with Crippen LogP contribution in [0.4, 0.5) is 0 Å². The molecular formula is C21H39NO2. The van der Waals surface area contributed by atoms with Crippen molar-refractivity contribution in [2.75, 3.05) is 0 Å². The summed E-state index contributed by atoms with van der Waals surface area (Å²) in [6.45, 7) is 6.68. The zero-order valence-corrected chi connectivity index (χ0v) is 16.3. The molecule has 0 aromatic carbocycles. The van der Waals surface area contributed by atoms with E-state index in [1.807, 2.05) is 0 Å². The second-order valence-corrected chi connectivity index (χ2v) is 7.32. The third-order valence-corrected chi connectivity index (χ3v) is 5.66. The summed E-state index contributed by atoms with van der Waals surface area (Å²) in [4.78, 5) is 14.0. The van der Waals surface area contributed by atoms with E-state index < -0.39 is 0 Å². The summed E-state index contributed by atoms with van der Waals surface area (Å²) in [5.74, 6) is 0.528. The van der Waals surface area contributed by atoms with Crippen LogP contribution in [0, 0.1) is 0 Å². The topological polar surface area (TPSA) is 46.0 Å². The Morgan fingerprint density at radius 1 is 0.833 bits per heavy atom. The van der Waals surface area contributed by atoms with Gasteiger partial charge in [-0.05, 0) is 19.3 Å². The minimum Gasteiger partial charge on any atom is -0.412 e. The molecule has 140 valence electrons. The first-order valence-electron chi connectivity index (χ1n) is 10.4.